The van der Waals surface area contributed by atoms with Gasteiger partial charge in [0.15, 0.2) is 0 Å². The van der Waals surface area contributed by atoms with Gasteiger partial charge in [-0.15, -0.1) is 0 Å². The predicted molar refractivity (Wildman–Crippen MR) is 68.5 cm³/mol. The number of hydrogen-bond acceptors (Lipinski definition) is 1. The average molecular weight is 256 g/mol. The van der Waals surface area contributed by atoms with Gasteiger partial charge >= 0.3 is 0 Å². The van der Waals surface area contributed by atoms with Gasteiger partial charge in [0.1, 0.15) is 0 Å². The van der Waals surface area contributed by atoms with Gasteiger partial charge < -0.3 is 5.32 Å². The Kier molecular flexibility index (Phi) is 2.87. The molecule has 1 aromatic carbocycles. The first-order valence-electron chi connectivity index (χ1n) is 5.97. The lowest BCUT2D eigenvalue weighted by atomic mass is 9.92. The van der Waals surface area contributed by atoms with E-state index in [9.17, 15) is 0 Å². The Morgan fingerprint density at radius 1 is 1.19 bits per heavy atom. The minimum absolute atomic E-state index is 0.599. The molecule has 0 aromatic heterocycles. The van der Waals surface area contributed by atoms with E-state index in [1.807, 2.05) is 6.07 Å². The second-order valence-corrected chi connectivity index (χ2v) is 5.65. The van der Waals surface area contributed by atoms with Crippen molar-refractivity contribution in [3.8, 4) is 0 Å². The molecule has 1 aliphatic carbocycles. The highest BCUT2D eigenvalue weighted by atomic mass is 35.5. The van der Waals surface area contributed by atoms with Gasteiger partial charge in [0.2, 0.25) is 0 Å². The van der Waals surface area contributed by atoms with Gasteiger partial charge in [-0.2, -0.15) is 0 Å². The molecule has 0 spiro atoms. The molecule has 1 heterocycles. The van der Waals surface area contributed by atoms with Crippen molar-refractivity contribution in [3.05, 3.63) is 33.3 Å². The molecular weight excluding hydrogens is 241 g/mol. The number of fused-ring (bicyclic) bond motifs is 1. The van der Waals surface area contributed by atoms with Gasteiger partial charge in [-0.1, -0.05) is 23.2 Å². The molecule has 0 amide bonds. The van der Waals surface area contributed by atoms with Gasteiger partial charge in [0.05, 0.1) is 0 Å². The molecule has 1 aliphatic heterocycles. The van der Waals surface area contributed by atoms with Gasteiger partial charge in [0, 0.05) is 22.0 Å². The first-order chi connectivity index (χ1) is 7.75. The molecule has 1 N–H and O–H groups in total. The zero-order chi connectivity index (χ0) is 11.1. The van der Waals surface area contributed by atoms with E-state index in [-0.39, 0.29) is 0 Å². The molecule has 1 aromatic rings. The monoisotopic (exact) mass is 255 g/mol. The summed E-state index contributed by atoms with van der Waals surface area (Å²) in [7, 11) is 0. The van der Waals surface area contributed by atoms with E-state index < -0.39 is 0 Å². The van der Waals surface area contributed by atoms with Crippen LogP contribution in [-0.2, 0) is 6.42 Å². The maximum atomic E-state index is 6.34. The van der Waals surface area contributed by atoms with Crippen molar-refractivity contribution in [1.82, 2.24) is 5.32 Å². The fraction of sp³-hybridized carbons (Fsp3) is 0.538. The van der Waals surface area contributed by atoms with Crippen molar-refractivity contribution >= 4 is 23.2 Å². The SMILES string of the molecule is Clc1cc(Cl)c2c(c1)CC[C@H]2[C@@H]1CCCN1. The minimum Gasteiger partial charge on any atom is -0.313 e. The second-order valence-electron chi connectivity index (χ2n) is 4.81. The summed E-state index contributed by atoms with van der Waals surface area (Å²) in [5.74, 6) is 0.599. The molecule has 86 valence electrons. The second kappa shape index (κ2) is 4.21. The lowest BCUT2D eigenvalue weighted by molar-refractivity contribution is 0.486. The highest BCUT2D eigenvalue weighted by molar-refractivity contribution is 6.35. The zero-order valence-corrected chi connectivity index (χ0v) is 10.6. The summed E-state index contributed by atoms with van der Waals surface area (Å²) in [6.45, 7) is 1.15. The summed E-state index contributed by atoms with van der Waals surface area (Å²) in [5.41, 5.74) is 2.71. The minimum atomic E-state index is 0.599. The summed E-state index contributed by atoms with van der Waals surface area (Å²) in [4.78, 5) is 0. The molecule has 16 heavy (non-hydrogen) atoms. The molecule has 1 saturated heterocycles. The summed E-state index contributed by atoms with van der Waals surface area (Å²) >= 11 is 12.4. The van der Waals surface area contributed by atoms with Crippen molar-refractivity contribution in [2.24, 2.45) is 0 Å². The van der Waals surface area contributed by atoms with Crippen LogP contribution in [0.5, 0.6) is 0 Å². The third-order valence-corrected chi connectivity index (χ3v) is 4.39. The molecule has 1 nitrogen and oxygen atoms in total. The maximum absolute atomic E-state index is 6.34. The normalized spacial score (nSPS) is 28.4. The first kappa shape index (κ1) is 10.9. The third-order valence-electron chi connectivity index (χ3n) is 3.86. The van der Waals surface area contributed by atoms with E-state index >= 15 is 0 Å². The summed E-state index contributed by atoms with van der Waals surface area (Å²) < 4.78 is 0. The van der Waals surface area contributed by atoms with Crippen LogP contribution < -0.4 is 5.32 Å². The summed E-state index contributed by atoms with van der Waals surface area (Å²) in [5, 5.41) is 5.22. The van der Waals surface area contributed by atoms with E-state index in [0.717, 1.165) is 23.0 Å². The molecular formula is C13H15Cl2N. The third kappa shape index (κ3) is 1.75. The molecule has 2 aliphatic rings. The van der Waals surface area contributed by atoms with Crippen LogP contribution in [0.4, 0.5) is 0 Å². The Balaban J connectivity index is 1.98. The molecule has 0 bridgehead atoms. The topological polar surface area (TPSA) is 12.0 Å². The fourth-order valence-corrected chi connectivity index (χ4v) is 3.85. The molecule has 1 fully saturated rings. The summed E-state index contributed by atoms with van der Waals surface area (Å²) in [6.07, 6.45) is 4.91. The van der Waals surface area contributed by atoms with Crippen LogP contribution in [0.2, 0.25) is 10.0 Å². The largest absolute Gasteiger partial charge is 0.313 e. The van der Waals surface area contributed by atoms with Gasteiger partial charge in [-0.3, -0.25) is 0 Å². The van der Waals surface area contributed by atoms with Crippen LogP contribution in [0.3, 0.4) is 0 Å². The Morgan fingerprint density at radius 3 is 2.81 bits per heavy atom. The van der Waals surface area contributed by atoms with Crippen LogP contribution in [0.25, 0.3) is 0 Å². The van der Waals surface area contributed by atoms with Crippen molar-refractivity contribution < 1.29 is 0 Å². The smallest absolute Gasteiger partial charge is 0.0458 e. The highest BCUT2D eigenvalue weighted by Gasteiger charge is 2.33. The molecule has 0 radical (unpaired) electrons. The number of aryl methyl sites for hydroxylation is 1. The lowest BCUT2D eigenvalue weighted by Gasteiger charge is -2.20. The molecule has 3 heteroatoms. The van der Waals surface area contributed by atoms with Gasteiger partial charge in [0.25, 0.3) is 0 Å². The van der Waals surface area contributed by atoms with Crippen molar-refractivity contribution in [3.63, 3.8) is 0 Å². The Morgan fingerprint density at radius 2 is 2.06 bits per heavy atom. The first-order valence-corrected chi connectivity index (χ1v) is 6.72. The van der Waals surface area contributed by atoms with E-state index in [4.69, 9.17) is 23.2 Å². The van der Waals surface area contributed by atoms with Crippen molar-refractivity contribution in [2.75, 3.05) is 6.54 Å². The number of halogens is 2. The highest BCUT2D eigenvalue weighted by Crippen LogP contribution is 2.43. The Labute approximate surface area is 106 Å². The van der Waals surface area contributed by atoms with Crippen LogP contribution in [-0.4, -0.2) is 12.6 Å². The standard InChI is InChI=1S/C13H15Cl2N/c14-9-6-8-3-4-10(12-2-1-5-16-12)13(8)11(15)7-9/h6-7,10,12,16H,1-5H2/t10-,12-/m0/s1. The Hall–Kier alpha value is -0.240. The van der Waals surface area contributed by atoms with Crippen LogP contribution in [0, 0.1) is 0 Å². The number of benzene rings is 1. The lowest BCUT2D eigenvalue weighted by Crippen LogP contribution is -2.27. The van der Waals surface area contributed by atoms with Gasteiger partial charge in [-0.05, 0) is 55.5 Å². The average Bonchev–Trinajstić information content (AvgIpc) is 2.82. The quantitative estimate of drug-likeness (QED) is 0.806. The maximum Gasteiger partial charge on any atom is 0.0458 e. The Bertz CT molecular complexity index is 411. The van der Waals surface area contributed by atoms with E-state index in [2.05, 4.69) is 11.4 Å². The van der Waals surface area contributed by atoms with Crippen molar-refractivity contribution in [2.45, 2.75) is 37.6 Å². The molecule has 3 rings (SSSR count). The van der Waals surface area contributed by atoms with Crippen LogP contribution >= 0.6 is 23.2 Å². The fourth-order valence-electron chi connectivity index (χ4n) is 3.17. The van der Waals surface area contributed by atoms with Gasteiger partial charge in [-0.25, -0.2) is 0 Å². The predicted octanol–water partition coefficient (Wildman–Crippen LogP) is 3.78. The molecule has 0 saturated carbocycles. The van der Waals surface area contributed by atoms with Crippen molar-refractivity contribution in [1.29, 1.82) is 0 Å². The molecule has 2 atom stereocenters. The number of hydrogen-bond donors (Lipinski definition) is 1. The molecule has 0 unspecified atom stereocenters. The summed E-state index contributed by atoms with van der Waals surface area (Å²) in [6, 6.07) is 4.59. The van der Waals surface area contributed by atoms with Crippen LogP contribution in [0.15, 0.2) is 12.1 Å². The number of rotatable bonds is 1. The van der Waals surface area contributed by atoms with E-state index in [0.29, 0.717) is 12.0 Å². The van der Waals surface area contributed by atoms with E-state index in [1.165, 1.54) is 30.4 Å². The van der Waals surface area contributed by atoms with E-state index in [1.54, 1.807) is 0 Å². The van der Waals surface area contributed by atoms with Crippen LogP contribution in [0.1, 0.15) is 36.3 Å². The zero-order valence-electron chi connectivity index (χ0n) is 9.10. The number of nitrogens with one attached hydrogen (secondary N) is 1.